The number of nitrogens with zero attached hydrogens (tertiary/aromatic N) is 2. The van der Waals surface area contributed by atoms with Crippen molar-refractivity contribution < 1.29 is 9.59 Å². The van der Waals surface area contributed by atoms with Crippen LogP contribution in [0.4, 0.5) is 0 Å². The lowest BCUT2D eigenvalue weighted by atomic mass is 9.85. The SMILES string of the molecule is CCNC(=NCCCN1C(=O)C2C3C=CC(C3)C2C1=O)NCCc1cccc(Cl)c1. The molecule has 0 aromatic heterocycles. The maximum atomic E-state index is 12.7. The van der Waals surface area contributed by atoms with E-state index in [0.29, 0.717) is 19.5 Å². The minimum absolute atomic E-state index is 0.0254. The van der Waals surface area contributed by atoms with Gasteiger partial charge in [0.2, 0.25) is 11.8 Å². The predicted molar refractivity (Wildman–Crippen MR) is 118 cm³/mol. The Labute approximate surface area is 182 Å². The van der Waals surface area contributed by atoms with Gasteiger partial charge in [-0.3, -0.25) is 19.5 Å². The normalized spacial score (nSPS) is 27.1. The highest BCUT2D eigenvalue weighted by Crippen LogP contribution is 2.52. The highest BCUT2D eigenvalue weighted by molar-refractivity contribution is 6.30. The van der Waals surface area contributed by atoms with E-state index in [4.69, 9.17) is 11.6 Å². The first kappa shape index (κ1) is 20.9. The molecule has 1 aliphatic heterocycles. The van der Waals surface area contributed by atoms with Crippen molar-refractivity contribution in [2.45, 2.75) is 26.2 Å². The predicted octanol–water partition coefficient (Wildman–Crippen LogP) is 2.63. The number of likely N-dealkylation sites (tertiary alicyclic amines) is 1. The number of halogens is 1. The number of hydrogen-bond acceptors (Lipinski definition) is 3. The van der Waals surface area contributed by atoms with Gasteiger partial charge in [0.05, 0.1) is 11.8 Å². The summed E-state index contributed by atoms with van der Waals surface area (Å²) in [6.07, 6.45) is 6.74. The van der Waals surface area contributed by atoms with Gasteiger partial charge in [-0.25, -0.2) is 0 Å². The molecule has 1 saturated heterocycles. The van der Waals surface area contributed by atoms with Crippen molar-refractivity contribution in [3.05, 3.63) is 47.0 Å². The molecule has 0 radical (unpaired) electrons. The molecule has 1 heterocycles. The van der Waals surface area contributed by atoms with Gasteiger partial charge in [-0.15, -0.1) is 0 Å². The van der Waals surface area contributed by atoms with Gasteiger partial charge in [-0.1, -0.05) is 35.9 Å². The van der Waals surface area contributed by atoms with Crippen molar-refractivity contribution >= 4 is 29.4 Å². The van der Waals surface area contributed by atoms with E-state index in [0.717, 1.165) is 36.9 Å². The fourth-order valence-electron chi connectivity index (χ4n) is 4.96. The van der Waals surface area contributed by atoms with Crippen molar-refractivity contribution in [2.24, 2.45) is 28.7 Å². The summed E-state index contributed by atoms with van der Waals surface area (Å²) >= 11 is 6.03. The first-order chi connectivity index (χ1) is 14.6. The number of benzene rings is 1. The van der Waals surface area contributed by atoms with Crippen LogP contribution in [0.3, 0.4) is 0 Å². The molecule has 1 aromatic rings. The van der Waals surface area contributed by atoms with Gasteiger partial charge in [-0.05, 0) is 55.7 Å². The van der Waals surface area contributed by atoms with Gasteiger partial charge in [-0.2, -0.15) is 0 Å². The standard InChI is InChI=1S/C23H29ClN4O2/c1-2-25-23(27-11-9-15-5-3-6-18(24)13-15)26-10-4-12-28-21(29)19-16-7-8-17(14-16)20(19)22(28)30/h3,5-8,13,16-17,19-20H,2,4,9-12,14H2,1H3,(H2,25,26,27). The molecule has 2 N–H and O–H groups in total. The summed E-state index contributed by atoms with van der Waals surface area (Å²) in [5.74, 6) is 1.11. The van der Waals surface area contributed by atoms with Crippen molar-refractivity contribution in [3.8, 4) is 0 Å². The van der Waals surface area contributed by atoms with Crippen LogP contribution in [0, 0.1) is 23.7 Å². The smallest absolute Gasteiger partial charge is 0.233 e. The summed E-state index contributed by atoms with van der Waals surface area (Å²) in [5.41, 5.74) is 1.17. The summed E-state index contributed by atoms with van der Waals surface area (Å²) in [7, 11) is 0. The molecule has 4 unspecified atom stereocenters. The van der Waals surface area contributed by atoms with Crippen LogP contribution < -0.4 is 10.6 Å². The zero-order valence-electron chi connectivity index (χ0n) is 17.3. The molecule has 160 valence electrons. The first-order valence-corrected chi connectivity index (χ1v) is 11.3. The lowest BCUT2D eigenvalue weighted by molar-refractivity contribution is -0.140. The molecule has 2 fully saturated rings. The Morgan fingerprint density at radius 2 is 1.90 bits per heavy atom. The number of rotatable bonds is 8. The van der Waals surface area contributed by atoms with E-state index in [2.05, 4.69) is 33.8 Å². The third kappa shape index (κ3) is 4.24. The highest BCUT2D eigenvalue weighted by Gasteiger charge is 2.58. The fourth-order valence-corrected chi connectivity index (χ4v) is 5.18. The molecule has 1 aromatic carbocycles. The number of fused-ring (bicyclic) bond motifs is 5. The number of nitrogens with one attached hydrogen (secondary N) is 2. The molecule has 2 amide bonds. The lowest BCUT2D eigenvalue weighted by Gasteiger charge is -2.17. The van der Waals surface area contributed by atoms with Crippen LogP contribution in [0.2, 0.25) is 5.02 Å². The maximum Gasteiger partial charge on any atom is 0.233 e. The zero-order valence-corrected chi connectivity index (χ0v) is 18.1. The molecule has 2 aliphatic carbocycles. The van der Waals surface area contributed by atoms with Crippen LogP contribution in [0.25, 0.3) is 0 Å². The summed E-state index contributed by atoms with van der Waals surface area (Å²) in [4.78, 5) is 31.5. The number of aliphatic imine (C=N–C) groups is 1. The number of carbonyl (C=O) groups is 2. The Hall–Kier alpha value is -2.34. The average molecular weight is 429 g/mol. The van der Waals surface area contributed by atoms with Crippen molar-refractivity contribution in [3.63, 3.8) is 0 Å². The minimum atomic E-state index is -0.110. The third-order valence-corrected chi connectivity index (χ3v) is 6.55. The number of imide groups is 1. The van der Waals surface area contributed by atoms with Gasteiger partial charge in [0, 0.05) is 31.2 Å². The lowest BCUT2D eigenvalue weighted by Crippen LogP contribution is -2.38. The van der Waals surface area contributed by atoms with Crippen LogP contribution in [0.5, 0.6) is 0 Å². The Bertz CT molecular complexity index is 839. The maximum absolute atomic E-state index is 12.7. The van der Waals surface area contributed by atoms with Gasteiger partial charge in [0.15, 0.2) is 5.96 Å². The average Bonchev–Trinajstić information content (AvgIpc) is 3.40. The Balaban J connectivity index is 1.24. The second kappa shape index (κ2) is 9.21. The van der Waals surface area contributed by atoms with Crippen molar-refractivity contribution in [1.82, 2.24) is 15.5 Å². The third-order valence-electron chi connectivity index (χ3n) is 6.31. The summed E-state index contributed by atoms with van der Waals surface area (Å²) in [5, 5.41) is 7.31. The molecule has 4 rings (SSSR count). The second-order valence-corrected chi connectivity index (χ2v) is 8.69. The monoisotopic (exact) mass is 428 g/mol. The molecule has 7 heteroatoms. The van der Waals surface area contributed by atoms with Gasteiger partial charge >= 0.3 is 0 Å². The van der Waals surface area contributed by atoms with E-state index in [1.807, 2.05) is 25.1 Å². The number of guanidine groups is 1. The highest BCUT2D eigenvalue weighted by atomic mass is 35.5. The number of hydrogen-bond donors (Lipinski definition) is 2. The van der Waals surface area contributed by atoms with E-state index in [1.165, 1.54) is 10.5 Å². The summed E-state index contributed by atoms with van der Waals surface area (Å²) < 4.78 is 0. The Morgan fingerprint density at radius 3 is 2.57 bits per heavy atom. The minimum Gasteiger partial charge on any atom is -0.357 e. The molecule has 4 atom stereocenters. The van der Waals surface area contributed by atoms with Crippen LogP contribution >= 0.6 is 11.6 Å². The number of amides is 2. The van der Waals surface area contributed by atoms with E-state index < -0.39 is 0 Å². The molecule has 1 saturated carbocycles. The Morgan fingerprint density at radius 1 is 1.17 bits per heavy atom. The van der Waals surface area contributed by atoms with E-state index in [1.54, 1.807) is 0 Å². The molecular weight excluding hydrogens is 400 g/mol. The van der Waals surface area contributed by atoms with E-state index in [-0.39, 0.29) is 35.5 Å². The molecule has 0 spiro atoms. The van der Waals surface area contributed by atoms with Crippen molar-refractivity contribution in [2.75, 3.05) is 26.2 Å². The first-order valence-electron chi connectivity index (χ1n) is 10.9. The van der Waals surface area contributed by atoms with E-state index in [9.17, 15) is 9.59 Å². The van der Waals surface area contributed by atoms with Crippen LogP contribution in [0.1, 0.15) is 25.3 Å². The second-order valence-electron chi connectivity index (χ2n) is 8.25. The van der Waals surface area contributed by atoms with Crippen LogP contribution in [0.15, 0.2) is 41.4 Å². The molecular formula is C23H29ClN4O2. The summed E-state index contributed by atoms with van der Waals surface area (Å²) in [6.45, 7) is 4.55. The number of allylic oxidation sites excluding steroid dienone is 2. The van der Waals surface area contributed by atoms with Crippen molar-refractivity contribution in [1.29, 1.82) is 0 Å². The van der Waals surface area contributed by atoms with E-state index >= 15 is 0 Å². The van der Waals surface area contributed by atoms with Gasteiger partial charge < -0.3 is 10.6 Å². The topological polar surface area (TPSA) is 73.8 Å². The molecule has 6 nitrogen and oxygen atoms in total. The molecule has 3 aliphatic rings. The quantitative estimate of drug-likeness (QED) is 0.219. The van der Waals surface area contributed by atoms with Gasteiger partial charge in [0.25, 0.3) is 0 Å². The van der Waals surface area contributed by atoms with Crippen LogP contribution in [-0.2, 0) is 16.0 Å². The number of carbonyl (C=O) groups excluding carboxylic acids is 2. The molecule has 2 bridgehead atoms. The largest absolute Gasteiger partial charge is 0.357 e. The fraction of sp³-hybridized carbons (Fsp3) is 0.522. The summed E-state index contributed by atoms with van der Waals surface area (Å²) in [6, 6.07) is 7.84. The molecule has 30 heavy (non-hydrogen) atoms. The zero-order chi connectivity index (χ0) is 21.1. The van der Waals surface area contributed by atoms with Gasteiger partial charge in [0.1, 0.15) is 0 Å². The van der Waals surface area contributed by atoms with Crippen LogP contribution in [-0.4, -0.2) is 48.9 Å². The Kier molecular flexibility index (Phi) is 6.42.